The molecule has 1 atom stereocenters. The Morgan fingerprint density at radius 2 is 1.78 bits per heavy atom. The molecule has 0 saturated carbocycles. The summed E-state index contributed by atoms with van der Waals surface area (Å²) in [6, 6.07) is 17.2. The van der Waals surface area contributed by atoms with Gasteiger partial charge in [0.2, 0.25) is 0 Å². The largest absolute Gasteiger partial charge is 0.497 e. The average molecular weight is 325 g/mol. The van der Waals surface area contributed by atoms with Gasteiger partial charge in [0.1, 0.15) is 5.75 Å². The summed E-state index contributed by atoms with van der Waals surface area (Å²) in [7, 11) is 1.63. The van der Waals surface area contributed by atoms with Gasteiger partial charge in [-0.05, 0) is 23.3 Å². The lowest BCUT2D eigenvalue weighted by atomic mass is 9.98. The summed E-state index contributed by atoms with van der Waals surface area (Å²) in [6.45, 7) is 0. The van der Waals surface area contributed by atoms with Crippen molar-refractivity contribution >= 4 is 17.6 Å². The standard InChI is InChI=1S/C17H15N3O2S/c1-22-14-9-7-13(8-10-14)16(12-5-3-2-4-6-12)19-17(21)15-11-18-23-20-15/h2-11,16H,1H3,(H,19,21)/t16-/m0/s1. The number of benzene rings is 2. The van der Waals surface area contributed by atoms with Crippen LogP contribution in [0.25, 0.3) is 0 Å². The number of nitrogens with zero attached hydrogens (tertiary/aromatic N) is 2. The van der Waals surface area contributed by atoms with Crippen LogP contribution in [0.2, 0.25) is 0 Å². The molecule has 0 spiro atoms. The van der Waals surface area contributed by atoms with Crippen molar-refractivity contribution < 1.29 is 9.53 Å². The number of amides is 1. The van der Waals surface area contributed by atoms with Gasteiger partial charge in [-0.15, -0.1) is 0 Å². The summed E-state index contributed by atoms with van der Waals surface area (Å²) < 4.78 is 13.0. The molecular weight excluding hydrogens is 310 g/mol. The van der Waals surface area contributed by atoms with Gasteiger partial charge in [0.25, 0.3) is 5.91 Å². The van der Waals surface area contributed by atoms with Crippen LogP contribution in [0.3, 0.4) is 0 Å². The Bertz CT molecular complexity index is 758. The molecule has 1 heterocycles. The molecule has 6 heteroatoms. The fourth-order valence-corrected chi connectivity index (χ4v) is 2.68. The van der Waals surface area contributed by atoms with Crippen LogP contribution < -0.4 is 10.1 Å². The number of methoxy groups -OCH3 is 1. The Labute approximate surface area is 138 Å². The quantitative estimate of drug-likeness (QED) is 0.783. The lowest BCUT2D eigenvalue weighted by Crippen LogP contribution is -2.29. The molecule has 5 nitrogen and oxygen atoms in total. The Kier molecular flexibility index (Phi) is 4.63. The summed E-state index contributed by atoms with van der Waals surface area (Å²) in [6.07, 6.45) is 1.47. The van der Waals surface area contributed by atoms with E-state index in [9.17, 15) is 4.79 Å². The van der Waals surface area contributed by atoms with Crippen LogP contribution in [0.1, 0.15) is 27.7 Å². The predicted octanol–water partition coefficient (Wildman–Crippen LogP) is 3.07. The maximum absolute atomic E-state index is 12.4. The number of hydrogen-bond donors (Lipinski definition) is 1. The van der Waals surface area contributed by atoms with Gasteiger partial charge in [0.15, 0.2) is 5.69 Å². The molecule has 1 aromatic heterocycles. The highest BCUT2D eigenvalue weighted by molar-refractivity contribution is 6.99. The lowest BCUT2D eigenvalue weighted by molar-refractivity contribution is 0.0939. The third-order valence-corrected chi connectivity index (χ3v) is 3.93. The molecule has 0 saturated heterocycles. The van der Waals surface area contributed by atoms with E-state index >= 15 is 0 Å². The molecule has 0 bridgehead atoms. The third-order valence-electron chi connectivity index (χ3n) is 3.45. The van der Waals surface area contributed by atoms with Crippen molar-refractivity contribution in [3.8, 4) is 5.75 Å². The van der Waals surface area contributed by atoms with Gasteiger partial charge in [-0.2, -0.15) is 8.75 Å². The minimum atomic E-state index is -0.267. The van der Waals surface area contributed by atoms with Crippen LogP contribution in [0.5, 0.6) is 5.75 Å². The minimum absolute atomic E-state index is 0.247. The van der Waals surface area contributed by atoms with Crippen molar-refractivity contribution in [1.82, 2.24) is 14.1 Å². The second-order valence-electron chi connectivity index (χ2n) is 4.88. The summed E-state index contributed by atoms with van der Waals surface area (Å²) in [5.41, 5.74) is 2.28. The van der Waals surface area contributed by atoms with Crippen molar-refractivity contribution in [3.63, 3.8) is 0 Å². The summed E-state index contributed by atoms with van der Waals surface area (Å²) in [5.74, 6) is 0.527. The molecule has 0 radical (unpaired) electrons. The molecule has 23 heavy (non-hydrogen) atoms. The van der Waals surface area contributed by atoms with Gasteiger partial charge in [0.05, 0.1) is 31.1 Å². The summed E-state index contributed by atoms with van der Waals surface area (Å²) in [4.78, 5) is 12.4. The number of carbonyl (C=O) groups is 1. The van der Waals surface area contributed by atoms with Gasteiger partial charge in [-0.25, -0.2) is 0 Å². The average Bonchev–Trinajstić information content (AvgIpc) is 3.15. The molecule has 0 fully saturated rings. The minimum Gasteiger partial charge on any atom is -0.497 e. The van der Waals surface area contributed by atoms with E-state index in [4.69, 9.17) is 4.74 Å². The molecule has 3 aromatic rings. The maximum atomic E-state index is 12.4. The van der Waals surface area contributed by atoms with E-state index in [1.807, 2.05) is 54.6 Å². The molecule has 116 valence electrons. The van der Waals surface area contributed by atoms with E-state index in [0.29, 0.717) is 5.69 Å². The van der Waals surface area contributed by atoms with Crippen LogP contribution in [0, 0.1) is 0 Å². The smallest absolute Gasteiger partial charge is 0.273 e. The Balaban J connectivity index is 1.91. The molecule has 2 aromatic carbocycles. The van der Waals surface area contributed by atoms with Crippen LogP contribution in [0.4, 0.5) is 0 Å². The van der Waals surface area contributed by atoms with Crippen LogP contribution in [-0.4, -0.2) is 21.8 Å². The molecule has 0 aliphatic carbocycles. The first kappa shape index (κ1) is 15.2. The van der Waals surface area contributed by atoms with Crippen LogP contribution >= 0.6 is 11.7 Å². The van der Waals surface area contributed by atoms with Crippen molar-refractivity contribution in [3.05, 3.63) is 77.6 Å². The summed E-state index contributed by atoms with van der Waals surface area (Å²) in [5, 5.41) is 3.01. The SMILES string of the molecule is COc1ccc([C@@H](NC(=O)c2cnsn2)c2ccccc2)cc1. The van der Waals surface area contributed by atoms with Gasteiger partial charge in [-0.1, -0.05) is 42.5 Å². The molecule has 1 N–H and O–H groups in total. The zero-order valence-electron chi connectivity index (χ0n) is 12.5. The molecular formula is C17H15N3O2S. The van der Waals surface area contributed by atoms with Crippen molar-refractivity contribution in [2.75, 3.05) is 7.11 Å². The monoisotopic (exact) mass is 325 g/mol. The number of rotatable bonds is 5. The number of carbonyl (C=O) groups excluding carboxylic acids is 1. The highest BCUT2D eigenvalue weighted by Crippen LogP contribution is 2.24. The van der Waals surface area contributed by atoms with Gasteiger partial charge >= 0.3 is 0 Å². The van der Waals surface area contributed by atoms with E-state index in [0.717, 1.165) is 28.6 Å². The van der Waals surface area contributed by atoms with Crippen molar-refractivity contribution in [1.29, 1.82) is 0 Å². The highest BCUT2D eigenvalue weighted by atomic mass is 32.1. The topological polar surface area (TPSA) is 64.1 Å². The van der Waals surface area contributed by atoms with E-state index in [2.05, 4.69) is 14.1 Å². The van der Waals surface area contributed by atoms with Crippen molar-refractivity contribution in [2.45, 2.75) is 6.04 Å². The highest BCUT2D eigenvalue weighted by Gasteiger charge is 2.19. The number of ether oxygens (including phenoxy) is 1. The second kappa shape index (κ2) is 7.02. The van der Waals surface area contributed by atoms with Crippen LogP contribution in [-0.2, 0) is 0 Å². The predicted molar refractivity (Wildman–Crippen MR) is 88.7 cm³/mol. The first-order valence-corrected chi connectivity index (χ1v) is 7.78. The fraction of sp³-hybridized carbons (Fsp3) is 0.118. The van der Waals surface area contributed by atoms with Gasteiger partial charge in [0, 0.05) is 0 Å². The number of aromatic nitrogens is 2. The molecule has 0 aliphatic rings. The van der Waals surface area contributed by atoms with Gasteiger partial charge in [-0.3, -0.25) is 4.79 Å². The van der Waals surface area contributed by atoms with E-state index < -0.39 is 0 Å². The normalized spacial score (nSPS) is 11.7. The Morgan fingerprint density at radius 3 is 2.39 bits per heavy atom. The molecule has 1 amide bonds. The number of nitrogens with one attached hydrogen (secondary N) is 1. The third kappa shape index (κ3) is 3.54. The maximum Gasteiger partial charge on any atom is 0.273 e. The first-order valence-electron chi connectivity index (χ1n) is 7.05. The first-order chi connectivity index (χ1) is 11.3. The molecule has 0 unspecified atom stereocenters. The lowest BCUT2D eigenvalue weighted by Gasteiger charge is -2.19. The summed E-state index contributed by atoms with van der Waals surface area (Å²) >= 11 is 1.01. The zero-order chi connectivity index (χ0) is 16.1. The van der Waals surface area contributed by atoms with Crippen molar-refractivity contribution in [2.24, 2.45) is 0 Å². The second-order valence-corrected chi connectivity index (χ2v) is 5.44. The van der Waals surface area contributed by atoms with Crippen LogP contribution in [0.15, 0.2) is 60.8 Å². The fourth-order valence-electron chi connectivity index (χ4n) is 2.27. The number of hydrogen-bond acceptors (Lipinski definition) is 5. The van der Waals surface area contributed by atoms with E-state index in [1.54, 1.807) is 7.11 Å². The zero-order valence-corrected chi connectivity index (χ0v) is 13.3. The molecule has 3 rings (SSSR count). The van der Waals surface area contributed by atoms with Gasteiger partial charge < -0.3 is 10.1 Å². The van der Waals surface area contributed by atoms with E-state index in [-0.39, 0.29) is 11.9 Å². The van der Waals surface area contributed by atoms with E-state index in [1.165, 1.54) is 6.20 Å². The molecule has 0 aliphatic heterocycles. The Morgan fingerprint density at radius 1 is 1.09 bits per heavy atom. The Hall–Kier alpha value is -2.73.